The van der Waals surface area contributed by atoms with E-state index in [0.717, 1.165) is 6.42 Å². The average Bonchev–Trinajstić information content (AvgIpc) is 1.82. The zero-order valence-electron chi connectivity index (χ0n) is 5.49. The fraction of sp³-hybridized carbons (Fsp3) is 0.250. The summed E-state index contributed by atoms with van der Waals surface area (Å²) in [6.45, 7) is 10.1. The molecule has 0 atom stereocenters. The van der Waals surface area contributed by atoms with Crippen LogP contribution in [0.2, 0.25) is 0 Å². The van der Waals surface area contributed by atoms with Crippen LogP contribution in [0.3, 0.4) is 0 Å². The average molecular weight is 126 g/mol. The highest BCUT2D eigenvalue weighted by Crippen LogP contribution is 2.12. The minimum Gasteiger partial charge on any atom is -0.207 e. The molecular weight excluding hydrogens is 115 g/mol. The Balaban J connectivity index is 3.51. The van der Waals surface area contributed by atoms with Crippen LogP contribution in [0.15, 0.2) is 37.2 Å². The molecule has 0 unspecified atom stereocenters. The molecule has 0 aliphatic carbocycles. The van der Waals surface area contributed by atoms with Gasteiger partial charge in [0.2, 0.25) is 0 Å². The summed E-state index contributed by atoms with van der Waals surface area (Å²) in [6, 6.07) is 0. The van der Waals surface area contributed by atoms with Crippen LogP contribution in [0.5, 0.6) is 0 Å². The van der Waals surface area contributed by atoms with E-state index in [1.54, 1.807) is 6.08 Å². The van der Waals surface area contributed by atoms with Crippen molar-refractivity contribution in [3.05, 3.63) is 37.2 Å². The van der Waals surface area contributed by atoms with Crippen molar-refractivity contribution < 1.29 is 4.39 Å². The largest absolute Gasteiger partial charge is 0.207 e. The fourth-order valence-electron chi connectivity index (χ4n) is 0.412. The first-order valence-electron chi connectivity index (χ1n) is 2.82. The van der Waals surface area contributed by atoms with Gasteiger partial charge in [-0.05, 0) is 18.4 Å². The van der Waals surface area contributed by atoms with E-state index >= 15 is 0 Å². The molecule has 0 aromatic heterocycles. The molecule has 0 spiro atoms. The first-order chi connectivity index (χ1) is 4.18. The van der Waals surface area contributed by atoms with Crippen molar-refractivity contribution in [1.29, 1.82) is 0 Å². The predicted molar refractivity (Wildman–Crippen MR) is 38.8 cm³/mol. The van der Waals surface area contributed by atoms with Gasteiger partial charge < -0.3 is 0 Å². The molecule has 0 heterocycles. The number of rotatable bonds is 4. The Hall–Kier alpha value is -0.850. The van der Waals surface area contributed by atoms with E-state index in [-0.39, 0.29) is 0 Å². The standard InChI is InChI=1S/C8H11F/c1-4-5-6-7(2)8(3)9/h4H,1-3,5-6H2. The summed E-state index contributed by atoms with van der Waals surface area (Å²) in [4.78, 5) is 0. The summed E-state index contributed by atoms with van der Waals surface area (Å²) in [5.74, 6) is -0.420. The van der Waals surface area contributed by atoms with Gasteiger partial charge in [0.05, 0.1) is 0 Å². The summed E-state index contributed by atoms with van der Waals surface area (Å²) < 4.78 is 12.1. The Bertz CT molecular complexity index is 134. The molecule has 0 fully saturated rings. The zero-order valence-corrected chi connectivity index (χ0v) is 5.49. The lowest BCUT2D eigenvalue weighted by atomic mass is 10.1. The molecule has 0 nitrogen and oxygen atoms in total. The smallest absolute Gasteiger partial charge is 0.118 e. The second kappa shape index (κ2) is 4.07. The minimum absolute atomic E-state index is 0.420. The van der Waals surface area contributed by atoms with Crippen LogP contribution in [0, 0.1) is 0 Å². The van der Waals surface area contributed by atoms with Gasteiger partial charge in [0.1, 0.15) is 5.83 Å². The van der Waals surface area contributed by atoms with Crippen LogP contribution in [0.25, 0.3) is 0 Å². The number of hydrogen-bond acceptors (Lipinski definition) is 0. The van der Waals surface area contributed by atoms with Crippen molar-refractivity contribution >= 4 is 0 Å². The van der Waals surface area contributed by atoms with Crippen LogP contribution in [0.4, 0.5) is 4.39 Å². The Kier molecular flexibility index (Phi) is 3.69. The van der Waals surface area contributed by atoms with Crippen molar-refractivity contribution in [2.24, 2.45) is 0 Å². The molecule has 0 aliphatic heterocycles. The molecule has 0 saturated heterocycles. The van der Waals surface area contributed by atoms with Crippen molar-refractivity contribution in [3.8, 4) is 0 Å². The van der Waals surface area contributed by atoms with Gasteiger partial charge in [-0.2, -0.15) is 0 Å². The summed E-state index contributed by atoms with van der Waals surface area (Å²) in [5, 5.41) is 0. The number of halogens is 1. The highest BCUT2D eigenvalue weighted by molar-refractivity contribution is 5.18. The van der Waals surface area contributed by atoms with Crippen LogP contribution < -0.4 is 0 Å². The van der Waals surface area contributed by atoms with Gasteiger partial charge in [-0.15, -0.1) is 6.58 Å². The molecular formula is C8H11F. The van der Waals surface area contributed by atoms with E-state index in [1.807, 2.05) is 0 Å². The van der Waals surface area contributed by atoms with Gasteiger partial charge in [-0.25, -0.2) is 4.39 Å². The highest BCUT2D eigenvalue weighted by atomic mass is 19.1. The SMILES string of the molecule is C=CCCC(=C)C(=C)F. The first-order valence-corrected chi connectivity index (χ1v) is 2.82. The maximum atomic E-state index is 12.1. The van der Waals surface area contributed by atoms with Crippen molar-refractivity contribution in [3.63, 3.8) is 0 Å². The molecule has 9 heavy (non-hydrogen) atoms. The maximum Gasteiger partial charge on any atom is 0.118 e. The zero-order chi connectivity index (χ0) is 7.28. The molecule has 0 aromatic rings. The van der Waals surface area contributed by atoms with Crippen LogP contribution in [-0.2, 0) is 0 Å². The van der Waals surface area contributed by atoms with E-state index in [0.29, 0.717) is 12.0 Å². The first kappa shape index (κ1) is 8.15. The van der Waals surface area contributed by atoms with E-state index in [9.17, 15) is 4.39 Å². The van der Waals surface area contributed by atoms with Gasteiger partial charge in [0.25, 0.3) is 0 Å². The highest BCUT2D eigenvalue weighted by Gasteiger charge is 1.94. The second-order valence-corrected chi connectivity index (χ2v) is 1.84. The Morgan fingerprint density at radius 3 is 2.33 bits per heavy atom. The molecule has 0 N–H and O–H groups in total. The van der Waals surface area contributed by atoms with Crippen LogP contribution >= 0.6 is 0 Å². The van der Waals surface area contributed by atoms with E-state index < -0.39 is 5.83 Å². The van der Waals surface area contributed by atoms with Crippen molar-refractivity contribution in [1.82, 2.24) is 0 Å². The maximum absolute atomic E-state index is 12.1. The number of allylic oxidation sites excluding steroid dienone is 3. The summed E-state index contributed by atoms with van der Waals surface area (Å²) in [6.07, 6.45) is 3.12. The van der Waals surface area contributed by atoms with Crippen molar-refractivity contribution in [2.75, 3.05) is 0 Å². The second-order valence-electron chi connectivity index (χ2n) is 1.84. The quantitative estimate of drug-likeness (QED) is 0.401. The molecule has 0 saturated carbocycles. The predicted octanol–water partition coefficient (Wildman–Crippen LogP) is 2.99. The molecule has 0 aliphatic rings. The van der Waals surface area contributed by atoms with E-state index in [2.05, 4.69) is 19.7 Å². The Morgan fingerprint density at radius 1 is 1.44 bits per heavy atom. The molecule has 0 rings (SSSR count). The monoisotopic (exact) mass is 126 g/mol. The molecule has 0 amide bonds. The van der Waals surface area contributed by atoms with E-state index in [1.165, 1.54) is 0 Å². The lowest BCUT2D eigenvalue weighted by molar-refractivity contribution is 0.644. The number of hydrogen-bond donors (Lipinski definition) is 0. The Morgan fingerprint density at radius 2 is 2.00 bits per heavy atom. The third kappa shape index (κ3) is 3.71. The minimum atomic E-state index is -0.420. The Labute approximate surface area is 55.4 Å². The molecule has 0 radical (unpaired) electrons. The van der Waals surface area contributed by atoms with Crippen molar-refractivity contribution in [2.45, 2.75) is 12.8 Å². The third-order valence-corrected chi connectivity index (χ3v) is 1.03. The molecule has 1 heteroatoms. The summed E-state index contributed by atoms with van der Waals surface area (Å²) >= 11 is 0. The topological polar surface area (TPSA) is 0 Å². The van der Waals surface area contributed by atoms with Crippen LogP contribution in [0.1, 0.15) is 12.8 Å². The lowest BCUT2D eigenvalue weighted by Gasteiger charge is -1.95. The van der Waals surface area contributed by atoms with Gasteiger partial charge in [-0.3, -0.25) is 0 Å². The fourth-order valence-corrected chi connectivity index (χ4v) is 0.412. The molecule has 0 bridgehead atoms. The normalized spacial score (nSPS) is 8.56. The molecule has 0 aromatic carbocycles. The summed E-state index contributed by atoms with van der Waals surface area (Å²) in [7, 11) is 0. The third-order valence-electron chi connectivity index (χ3n) is 1.03. The van der Waals surface area contributed by atoms with Gasteiger partial charge in [0, 0.05) is 0 Å². The van der Waals surface area contributed by atoms with Gasteiger partial charge in [0.15, 0.2) is 0 Å². The van der Waals surface area contributed by atoms with Gasteiger partial charge >= 0.3 is 0 Å². The molecule has 50 valence electrons. The van der Waals surface area contributed by atoms with Gasteiger partial charge in [-0.1, -0.05) is 19.2 Å². The lowest BCUT2D eigenvalue weighted by Crippen LogP contribution is -1.78. The summed E-state index contributed by atoms with van der Waals surface area (Å²) in [5.41, 5.74) is 0.468. The van der Waals surface area contributed by atoms with Crippen LogP contribution in [-0.4, -0.2) is 0 Å². The van der Waals surface area contributed by atoms with E-state index in [4.69, 9.17) is 0 Å².